The monoisotopic (exact) mass is 532 g/mol. The molecule has 2 aliphatic rings. The van der Waals surface area contributed by atoms with Crippen molar-refractivity contribution in [3.05, 3.63) is 45.0 Å². The lowest BCUT2D eigenvalue weighted by Crippen LogP contribution is -2.54. The Labute approximate surface area is 217 Å². The standard InChI is InChI=1S/C24H26Cl2N6O2S/c1-13-7-27-8-14(2)31(13)10-18-17(4-15(25)5-19(18)26)22-23-20(28-12-29-22)6-16(35-23)9-32-21(33)11-30(3)24(32)34/h4-6,12-14,27H,7-11H2,1-3H3/t13-,14-/m0/s1. The number of nitrogens with zero attached hydrogens (tertiary/aromatic N) is 5. The van der Waals surface area contributed by atoms with Gasteiger partial charge in [0.1, 0.15) is 12.9 Å². The van der Waals surface area contributed by atoms with Gasteiger partial charge < -0.3 is 10.2 Å². The molecule has 0 saturated carbocycles. The predicted molar refractivity (Wildman–Crippen MR) is 139 cm³/mol. The van der Waals surface area contributed by atoms with E-state index in [-0.39, 0.29) is 25.0 Å². The van der Waals surface area contributed by atoms with Gasteiger partial charge in [-0.25, -0.2) is 14.8 Å². The highest BCUT2D eigenvalue weighted by Crippen LogP contribution is 2.39. The highest BCUT2D eigenvalue weighted by atomic mass is 35.5. The molecule has 35 heavy (non-hydrogen) atoms. The van der Waals surface area contributed by atoms with Crippen LogP contribution in [0.25, 0.3) is 21.5 Å². The molecule has 1 N–H and O–H groups in total. The number of carbonyl (C=O) groups is 2. The maximum absolute atomic E-state index is 12.4. The molecule has 0 unspecified atom stereocenters. The first kappa shape index (κ1) is 24.4. The minimum Gasteiger partial charge on any atom is -0.318 e. The summed E-state index contributed by atoms with van der Waals surface area (Å²) in [6.45, 7) is 7.23. The molecule has 2 atom stereocenters. The van der Waals surface area contributed by atoms with Crippen LogP contribution in [0.1, 0.15) is 24.3 Å². The second-order valence-electron chi connectivity index (χ2n) is 9.21. The van der Waals surface area contributed by atoms with Crippen LogP contribution in [-0.2, 0) is 17.9 Å². The number of piperazine rings is 1. The average Bonchev–Trinajstić information content (AvgIpc) is 3.32. The quantitative estimate of drug-likeness (QED) is 0.495. The van der Waals surface area contributed by atoms with E-state index >= 15 is 0 Å². The Morgan fingerprint density at radius 1 is 1.09 bits per heavy atom. The van der Waals surface area contributed by atoms with Gasteiger partial charge in [-0.2, -0.15) is 0 Å². The third kappa shape index (κ3) is 4.63. The maximum atomic E-state index is 12.4. The summed E-state index contributed by atoms with van der Waals surface area (Å²) in [6.07, 6.45) is 1.53. The molecule has 0 radical (unpaired) electrons. The van der Waals surface area contributed by atoms with Crippen LogP contribution in [0.5, 0.6) is 0 Å². The van der Waals surface area contributed by atoms with Crippen LogP contribution >= 0.6 is 34.5 Å². The number of hydrogen-bond donors (Lipinski definition) is 1. The fourth-order valence-corrected chi connectivity index (χ4v) is 6.45. The first-order valence-corrected chi connectivity index (χ1v) is 13.0. The van der Waals surface area contributed by atoms with Crippen molar-refractivity contribution in [1.29, 1.82) is 0 Å². The second kappa shape index (κ2) is 9.63. The Balaban J connectivity index is 1.55. The molecule has 3 aromatic rings. The number of carbonyl (C=O) groups excluding carboxylic acids is 2. The zero-order valence-electron chi connectivity index (χ0n) is 19.7. The minimum atomic E-state index is -0.290. The number of thiophene rings is 1. The molecule has 0 spiro atoms. The van der Waals surface area contributed by atoms with Crippen molar-refractivity contribution in [2.24, 2.45) is 0 Å². The fraction of sp³-hybridized carbons (Fsp3) is 0.417. The van der Waals surface area contributed by atoms with Crippen LogP contribution in [0.3, 0.4) is 0 Å². The molecule has 184 valence electrons. The number of likely N-dealkylation sites (N-methyl/N-ethyl adjacent to an activating group) is 1. The zero-order valence-corrected chi connectivity index (χ0v) is 22.0. The van der Waals surface area contributed by atoms with E-state index in [1.54, 1.807) is 13.1 Å². The highest BCUT2D eigenvalue weighted by molar-refractivity contribution is 7.19. The van der Waals surface area contributed by atoms with Crippen molar-refractivity contribution in [2.75, 3.05) is 26.7 Å². The summed E-state index contributed by atoms with van der Waals surface area (Å²) in [7, 11) is 1.62. The molecule has 2 fully saturated rings. The van der Waals surface area contributed by atoms with Crippen LogP contribution in [0, 0.1) is 0 Å². The van der Waals surface area contributed by atoms with E-state index in [0.717, 1.165) is 45.0 Å². The van der Waals surface area contributed by atoms with E-state index < -0.39 is 0 Å². The Kier molecular flexibility index (Phi) is 6.71. The molecule has 11 heteroatoms. The first-order valence-electron chi connectivity index (χ1n) is 11.5. The van der Waals surface area contributed by atoms with Gasteiger partial charge in [0, 0.05) is 59.3 Å². The summed E-state index contributed by atoms with van der Waals surface area (Å²) < 4.78 is 0.871. The van der Waals surface area contributed by atoms with Crippen molar-refractivity contribution in [2.45, 2.75) is 39.0 Å². The lowest BCUT2D eigenvalue weighted by atomic mass is 10.0. The summed E-state index contributed by atoms with van der Waals surface area (Å²) in [6, 6.07) is 6.01. The lowest BCUT2D eigenvalue weighted by molar-refractivity contribution is -0.125. The number of benzene rings is 1. The Bertz CT molecular complexity index is 1300. The second-order valence-corrected chi connectivity index (χ2v) is 11.2. The van der Waals surface area contributed by atoms with Crippen LogP contribution < -0.4 is 5.32 Å². The average molecular weight is 533 g/mol. The number of nitrogens with one attached hydrogen (secondary N) is 1. The van der Waals surface area contributed by atoms with E-state index in [1.807, 2.05) is 12.1 Å². The largest absolute Gasteiger partial charge is 0.327 e. The van der Waals surface area contributed by atoms with E-state index in [4.69, 9.17) is 23.2 Å². The molecule has 8 nitrogen and oxygen atoms in total. The van der Waals surface area contributed by atoms with Gasteiger partial charge in [0.25, 0.3) is 5.91 Å². The molecule has 4 heterocycles. The third-order valence-corrected chi connectivity index (χ3v) is 8.35. The van der Waals surface area contributed by atoms with E-state index in [2.05, 4.69) is 34.0 Å². The minimum absolute atomic E-state index is 0.0992. The van der Waals surface area contributed by atoms with Crippen molar-refractivity contribution < 1.29 is 9.59 Å². The Morgan fingerprint density at radius 2 is 1.83 bits per heavy atom. The lowest BCUT2D eigenvalue weighted by Gasteiger charge is -2.40. The van der Waals surface area contributed by atoms with Crippen molar-refractivity contribution >= 4 is 56.7 Å². The summed E-state index contributed by atoms with van der Waals surface area (Å²) in [5, 5.41) is 4.60. The molecular weight excluding hydrogens is 507 g/mol. The fourth-order valence-electron chi connectivity index (χ4n) is 4.79. The van der Waals surface area contributed by atoms with Crippen LogP contribution in [0.15, 0.2) is 24.5 Å². The summed E-state index contributed by atoms with van der Waals surface area (Å²) in [5.74, 6) is -0.204. The maximum Gasteiger partial charge on any atom is 0.327 e. The normalized spacial score (nSPS) is 21.5. The van der Waals surface area contributed by atoms with Crippen LogP contribution in [0.4, 0.5) is 4.79 Å². The number of imide groups is 1. The summed E-state index contributed by atoms with van der Waals surface area (Å²) >= 11 is 14.7. The Morgan fingerprint density at radius 3 is 2.51 bits per heavy atom. The predicted octanol–water partition coefficient (Wildman–Crippen LogP) is 4.24. The first-order chi connectivity index (χ1) is 16.7. The molecule has 3 amide bonds. The number of amides is 3. The number of fused-ring (bicyclic) bond motifs is 1. The van der Waals surface area contributed by atoms with Gasteiger partial charge >= 0.3 is 6.03 Å². The number of aromatic nitrogens is 2. The SMILES string of the molecule is C[C@H]1CNC[C@H](C)N1Cc1c(Cl)cc(Cl)cc1-c1ncnc2cc(CN3C(=O)CN(C)C3=O)sc12. The topological polar surface area (TPSA) is 81.7 Å². The van der Waals surface area contributed by atoms with Gasteiger partial charge in [0.05, 0.1) is 22.5 Å². The third-order valence-electron chi connectivity index (χ3n) is 6.67. The number of hydrogen-bond acceptors (Lipinski definition) is 7. The zero-order chi connectivity index (χ0) is 24.9. The highest BCUT2D eigenvalue weighted by Gasteiger charge is 2.34. The molecular formula is C24H26Cl2N6O2S. The number of halogens is 2. The number of urea groups is 1. The van der Waals surface area contributed by atoms with Gasteiger partial charge in [0.15, 0.2) is 0 Å². The van der Waals surface area contributed by atoms with Crippen LogP contribution in [0.2, 0.25) is 10.0 Å². The number of rotatable bonds is 5. The van der Waals surface area contributed by atoms with Crippen molar-refractivity contribution in [1.82, 2.24) is 30.0 Å². The molecule has 0 aliphatic carbocycles. The molecule has 2 aliphatic heterocycles. The Hall–Kier alpha value is -2.30. The van der Waals surface area contributed by atoms with E-state index in [9.17, 15) is 9.59 Å². The van der Waals surface area contributed by atoms with Gasteiger partial charge in [-0.1, -0.05) is 23.2 Å². The van der Waals surface area contributed by atoms with E-state index in [1.165, 1.54) is 27.5 Å². The van der Waals surface area contributed by atoms with Crippen LogP contribution in [-0.4, -0.2) is 75.4 Å². The van der Waals surface area contributed by atoms with Gasteiger partial charge in [-0.15, -0.1) is 11.3 Å². The van der Waals surface area contributed by atoms with Gasteiger partial charge in [0.2, 0.25) is 0 Å². The summed E-state index contributed by atoms with van der Waals surface area (Å²) in [4.78, 5) is 39.7. The van der Waals surface area contributed by atoms with Crippen molar-refractivity contribution in [3.8, 4) is 11.3 Å². The molecule has 2 aromatic heterocycles. The molecule has 2 saturated heterocycles. The molecule has 1 aromatic carbocycles. The molecule has 0 bridgehead atoms. The summed E-state index contributed by atoms with van der Waals surface area (Å²) in [5.41, 5.74) is 3.35. The van der Waals surface area contributed by atoms with Gasteiger partial charge in [-0.3, -0.25) is 14.6 Å². The van der Waals surface area contributed by atoms with Crippen molar-refractivity contribution in [3.63, 3.8) is 0 Å². The van der Waals surface area contributed by atoms with Gasteiger partial charge in [-0.05, 0) is 37.6 Å². The molecule has 5 rings (SSSR count). The van der Waals surface area contributed by atoms with E-state index in [0.29, 0.717) is 28.7 Å². The smallest absolute Gasteiger partial charge is 0.318 e.